The summed E-state index contributed by atoms with van der Waals surface area (Å²) in [6.07, 6.45) is 0. The molecule has 0 unspecified atom stereocenters. The summed E-state index contributed by atoms with van der Waals surface area (Å²) in [7, 11) is 0. The number of fused-ring (bicyclic) bond motifs is 1. The summed E-state index contributed by atoms with van der Waals surface area (Å²) in [5.41, 5.74) is 5.47. The first-order valence-electron chi connectivity index (χ1n) is 6.11. The van der Waals surface area contributed by atoms with Crippen LogP contribution in [-0.4, -0.2) is 9.97 Å². The maximum Gasteiger partial charge on any atom is 0.205 e. The minimum absolute atomic E-state index is 0.766. The maximum atomic E-state index is 4.52. The van der Waals surface area contributed by atoms with Crippen LogP contribution in [0.15, 0.2) is 40.9 Å². The fourth-order valence-corrected chi connectivity index (χ4v) is 2.29. The molecule has 2 aromatic carbocycles. The molecule has 0 spiro atoms. The third kappa shape index (κ3) is 2.49. The molecular weight excluding hydrogens is 302 g/mol. The number of anilines is 2. The molecule has 1 aromatic heterocycles. The highest BCUT2D eigenvalue weighted by Crippen LogP contribution is 2.23. The fraction of sp³-hybridized carbons (Fsp3) is 0.133. The van der Waals surface area contributed by atoms with E-state index in [1.165, 1.54) is 11.1 Å². The highest BCUT2D eigenvalue weighted by atomic mass is 79.9. The van der Waals surface area contributed by atoms with Crippen LogP contribution in [0.3, 0.4) is 0 Å². The predicted molar refractivity (Wildman–Crippen MR) is 83.0 cm³/mol. The van der Waals surface area contributed by atoms with Crippen molar-refractivity contribution in [3.63, 3.8) is 0 Å². The molecule has 0 radical (unpaired) electrons. The molecule has 3 nitrogen and oxygen atoms in total. The van der Waals surface area contributed by atoms with Gasteiger partial charge in [-0.15, -0.1) is 0 Å². The summed E-state index contributed by atoms with van der Waals surface area (Å²) in [5.74, 6) is 0.766. The van der Waals surface area contributed by atoms with Gasteiger partial charge in [0.1, 0.15) is 0 Å². The van der Waals surface area contributed by atoms with E-state index in [1.54, 1.807) is 0 Å². The maximum absolute atomic E-state index is 4.52. The molecule has 0 aliphatic carbocycles. The molecule has 96 valence electrons. The number of H-pyrrole nitrogens is 1. The van der Waals surface area contributed by atoms with Gasteiger partial charge in [0.05, 0.1) is 11.0 Å². The van der Waals surface area contributed by atoms with Crippen LogP contribution in [0.4, 0.5) is 11.6 Å². The number of benzene rings is 2. The van der Waals surface area contributed by atoms with Gasteiger partial charge in [0.15, 0.2) is 0 Å². The number of rotatable bonds is 2. The Hall–Kier alpha value is -1.81. The Kier molecular flexibility index (Phi) is 3.03. The lowest BCUT2D eigenvalue weighted by molar-refractivity contribution is 1.30. The van der Waals surface area contributed by atoms with E-state index in [1.807, 2.05) is 18.2 Å². The van der Waals surface area contributed by atoms with Crippen molar-refractivity contribution >= 4 is 38.6 Å². The number of halogens is 1. The van der Waals surface area contributed by atoms with Gasteiger partial charge in [0.25, 0.3) is 0 Å². The quantitative estimate of drug-likeness (QED) is 0.720. The van der Waals surface area contributed by atoms with E-state index in [-0.39, 0.29) is 0 Å². The second-order valence-corrected chi connectivity index (χ2v) is 5.55. The van der Waals surface area contributed by atoms with Crippen LogP contribution < -0.4 is 5.32 Å². The Morgan fingerprint density at radius 1 is 1.11 bits per heavy atom. The van der Waals surface area contributed by atoms with E-state index in [4.69, 9.17) is 0 Å². The Labute approximate surface area is 120 Å². The average molecular weight is 316 g/mol. The molecule has 3 aromatic rings. The highest BCUT2D eigenvalue weighted by molar-refractivity contribution is 9.10. The molecule has 0 saturated heterocycles. The molecule has 19 heavy (non-hydrogen) atoms. The van der Waals surface area contributed by atoms with Crippen LogP contribution in [0.1, 0.15) is 11.1 Å². The van der Waals surface area contributed by atoms with E-state index < -0.39 is 0 Å². The number of aromatic amines is 1. The van der Waals surface area contributed by atoms with Gasteiger partial charge in [-0.2, -0.15) is 0 Å². The lowest BCUT2D eigenvalue weighted by Crippen LogP contribution is -1.92. The molecule has 0 amide bonds. The van der Waals surface area contributed by atoms with Crippen LogP contribution >= 0.6 is 15.9 Å². The summed E-state index contributed by atoms with van der Waals surface area (Å²) in [4.78, 5) is 7.81. The summed E-state index contributed by atoms with van der Waals surface area (Å²) in [6.45, 7) is 4.14. The normalized spacial score (nSPS) is 10.9. The number of hydrogen-bond acceptors (Lipinski definition) is 2. The van der Waals surface area contributed by atoms with Crippen LogP contribution in [0.2, 0.25) is 0 Å². The summed E-state index contributed by atoms with van der Waals surface area (Å²) in [5, 5.41) is 3.29. The van der Waals surface area contributed by atoms with Gasteiger partial charge < -0.3 is 10.3 Å². The zero-order valence-corrected chi connectivity index (χ0v) is 12.4. The molecule has 0 aliphatic heterocycles. The number of aromatic nitrogens is 2. The summed E-state index contributed by atoms with van der Waals surface area (Å²) >= 11 is 3.50. The number of hydrogen-bond donors (Lipinski definition) is 2. The van der Waals surface area contributed by atoms with E-state index in [2.05, 4.69) is 63.3 Å². The van der Waals surface area contributed by atoms with Crippen molar-refractivity contribution in [3.05, 3.63) is 52.0 Å². The lowest BCUT2D eigenvalue weighted by atomic mass is 10.2. The monoisotopic (exact) mass is 315 g/mol. The Bertz CT molecular complexity index is 746. The first kappa shape index (κ1) is 12.2. The number of aryl methyl sites for hydroxylation is 2. The van der Waals surface area contributed by atoms with Crippen LogP contribution in [0.5, 0.6) is 0 Å². The molecule has 0 bridgehead atoms. The van der Waals surface area contributed by atoms with Crippen LogP contribution in [0, 0.1) is 13.8 Å². The molecule has 1 heterocycles. The van der Waals surface area contributed by atoms with Crippen molar-refractivity contribution < 1.29 is 0 Å². The first-order valence-corrected chi connectivity index (χ1v) is 6.91. The van der Waals surface area contributed by atoms with Gasteiger partial charge in [-0.25, -0.2) is 4.98 Å². The second kappa shape index (κ2) is 4.70. The number of imidazole rings is 1. The van der Waals surface area contributed by atoms with Crippen LogP contribution in [-0.2, 0) is 0 Å². The van der Waals surface area contributed by atoms with Gasteiger partial charge in [0, 0.05) is 10.2 Å². The molecule has 0 aliphatic rings. The van der Waals surface area contributed by atoms with Gasteiger partial charge in [-0.05, 0) is 55.3 Å². The smallest absolute Gasteiger partial charge is 0.205 e. The minimum Gasteiger partial charge on any atom is -0.326 e. The van der Waals surface area contributed by atoms with Crippen LogP contribution in [0.25, 0.3) is 11.0 Å². The van der Waals surface area contributed by atoms with Gasteiger partial charge in [0.2, 0.25) is 5.95 Å². The summed E-state index contributed by atoms with van der Waals surface area (Å²) < 4.78 is 1.11. The molecule has 0 atom stereocenters. The SMILES string of the molecule is Cc1ccc2nc(Nc3ccc(Br)c(C)c3)[nH]c2c1. The standard InChI is InChI=1S/C15H14BrN3/c1-9-3-6-13-14(7-9)19-15(18-13)17-11-4-5-12(16)10(2)8-11/h3-8H,1-2H3,(H2,17,18,19). The third-order valence-corrected chi connectivity index (χ3v) is 3.95. The number of nitrogens with one attached hydrogen (secondary N) is 2. The predicted octanol–water partition coefficient (Wildman–Crippen LogP) is 4.69. The molecule has 0 saturated carbocycles. The van der Waals surface area contributed by atoms with Gasteiger partial charge in [-0.3, -0.25) is 0 Å². The van der Waals surface area contributed by atoms with Crippen molar-refractivity contribution in [2.45, 2.75) is 13.8 Å². The van der Waals surface area contributed by atoms with Crippen molar-refractivity contribution in [1.29, 1.82) is 0 Å². The number of nitrogens with zero attached hydrogens (tertiary/aromatic N) is 1. The molecule has 2 N–H and O–H groups in total. The average Bonchev–Trinajstić information content (AvgIpc) is 2.75. The van der Waals surface area contributed by atoms with Gasteiger partial charge >= 0.3 is 0 Å². The Balaban J connectivity index is 1.94. The zero-order valence-electron chi connectivity index (χ0n) is 10.8. The van der Waals surface area contributed by atoms with Crippen molar-refractivity contribution in [1.82, 2.24) is 9.97 Å². The van der Waals surface area contributed by atoms with Gasteiger partial charge in [-0.1, -0.05) is 22.0 Å². The minimum atomic E-state index is 0.766. The van der Waals surface area contributed by atoms with Crippen molar-refractivity contribution in [2.24, 2.45) is 0 Å². The van der Waals surface area contributed by atoms with Crippen molar-refractivity contribution in [3.8, 4) is 0 Å². The fourth-order valence-electron chi connectivity index (χ4n) is 2.04. The van der Waals surface area contributed by atoms with E-state index in [9.17, 15) is 0 Å². The van der Waals surface area contributed by atoms with E-state index >= 15 is 0 Å². The molecule has 3 rings (SSSR count). The Morgan fingerprint density at radius 3 is 2.74 bits per heavy atom. The van der Waals surface area contributed by atoms with E-state index in [0.29, 0.717) is 0 Å². The largest absolute Gasteiger partial charge is 0.326 e. The molecular formula is C15H14BrN3. The topological polar surface area (TPSA) is 40.7 Å². The summed E-state index contributed by atoms with van der Waals surface area (Å²) in [6, 6.07) is 12.3. The zero-order chi connectivity index (χ0) is 13.4. The third-order valence-electron chi connectivity index (χ3n) is 3.06. The second-order valence-electron chi connectivity index (χ2n) is 4.69. The van der Waals surface area contributed by atoms with E-state index in [0.717, 1.165) is 27.1 Å². The lowest BCUT2D eigenvalue weighted by Gasteiger charge is -2.04. The molecule has 0 fully saturated rings. The first-order chi connectivity index (χ1) is 9.11. The Morgan fingerprint density at radius 2 is 1.95 bits per heavy atom. The molecule has 4 heteroatoms. The van der Waals surface area contributed by atoms with Crippen molar-refractivity contribution in [2.75, 3.05) is 5.32 Å². The highest BCUT2D eigenvalue weighted by Gasteiger charge is 2.04.